The van der Waals surface area contributed by atoms with Crippen LogP contribution in [0.1, 0.15) is 31.7 Å². The standard InChI is InChI=1S/C15H17FN2O/c1-11(7-12-3-2-4-13(16)9-12)8-14(19)18-15(10-17)5-6-15/h2-4,9,11H,5-8H2,1H3,(H,18,19)/t11-/m0/s1. The number of nitrogens with zero attached hydrogens (tertiary/aromatic N) is 1. The molecule has 19 heavy (non-hydrogen) atoms. The molecule has 2 rings (SSSR count). The molecule has 1 aliphatic rings. The van der Waals surface area contributed by atoms with Crippen molar-refractivity contribution in [3.05, 3.63) is 35.6 Å². The molecule has 1 saturated carbocycles. The number of hydrogen-bond donors (Lipinski definition) is 1. The van der Waals surface area contributed by atoms with Crippen LogP contribution in [0.3, 0.4) is 0 Å². The molecule has 4 heteroatoms. The highest BCUT2D eigenvalue weighted by atomic mass is 19.1. The Morgan fingerprint density at radius 2 is 2.32 bits per heavy atom. The zero-order chi connectivity index (χ0) is 13.9. The van der Waals surface area contributed by atoms with Gasteiger partial charge in [0.15, 0.2) is 0 Å². The Bertz CT molecular complexity index is 517. The van der Waals surface area contributed by atoms with Crippen molar-refractivity contribution in [1.82, 2.24) is 5.32 Å². The fourth-order valence-electron chi connectivity index (χ4n) is 2.16. The van der Waals surface area contributed by atoms with Gasteiger partial charge in [-0.15, -0.1) is 0 Å². The Morgan fingerprint density at radius 3 is 2.89 bits per heavy atom. The summed E-state index contributed by atoms with van der Waals surface area (Å²) in [6.45, 7) is 1.95. The lowest BCUT2D eigenvalue weighted by Crippen LogP contribution is -2.36. The van der Waals surface area contributed by atoms with Crippen LogP contribution in [-0.4, -0.2) is 11.4 Å². The number of rotatable bonds is 5. The minimum atomic E-state index is -0.602. The quantitative estimate of drug-likeness (QED) is 0.884. The molecule has 1 aromatic rings. The maximum Gasteiger partial charge on any atom is 0.221 e. The van der Waals surface area contributed by atoms with Crippen LogP contribution in [0.4, 0.5) is 4.39 Å². The average Bonchev–Trinajstić information content (AvgIpc) is 3.09. The molecular weight excluding hydrogens is 243 g/mol. The molecule has 0 radical (unpaired) electrons. The smallest absolute Gasteiger partial charge is 0.221 e. The molecule has 0 aliphatic heterocycles. The molecule has 0 bridgehead atoms. The Kier molecular flexibility index (Phi) is 3.84. The largest absolute Gasteiger partial charge is 0.338 e. The van der Waals surface area contributed by atoms with E-state index in [9.17, 15) is 9.18 Å². The molecule has 1 amide bonds. The molecule has 3 nitrogen and oxygen atoms in total. The van der Waals surface area contributed by atoms with Crippen LogP contribution in [0.25, 0.3) is 0 Å². The van der Waals surface area contributed by atoms with Crippen LogP contribution in [0.2, 0.25) is 0 Å². The summed E-state index contributed by atoms with van der Waals surface area (Å²) in [4.78, 5) is 11.8. The van der Waals surface area contributed by atoms with Crippen LogP contribution in [-0.2, 0) is 11.2 Å². The van der Waals surface area contributed by atoms with Crippen molar-refractivity contribution in [2.45, 2.75) is 38.1 Å². The summed E-state index contributed by atoms with van der Waals surface area (Å²) in [5.74, 6) is -0.227. The summed E-state index contributed by atoms with van der Waals surface area (Å²) in [6, 6.07) is 8.56. The second-order valence-corrected chi connectivity index (χ2v) is 5.39. The number of nitriles is 1. The van der Waals surface area contributed by atoms with E-state index in [-0.39, 0.29) is 17.6 Å². The maximum atomic E-state index is 13.0. The van der Waals surface area contributed by atoms with Gasteiger partial charge in [0.2, 0.25) is 5.91 Å². The SMILES string of the molecule is C[C@H](CC(=O)NC1(C#N)CC1)Cc1cccc(F)c1. The highest BCUT2D eigenvalue weighted by Crippen LogP contribution is 2.34. The van der Waals surface area contributed by atoms with Gasteiger partial charge in [-0.05, 0) is 42.9 Å². The van der Waals surface area contributed by atoms with E-state index in [1.807, 2.05) is 13.0 Å². The Balaban J connectivity index is 1.83. The van der Waals surface area contributed by atoms with Crippen molar-refractivity contribution < 1.29 is 9.18 Å². The van der Waals surface area contributed by atoms with E-state index in [2.05, 4.69) is 11.4 Å². The van der Waals surface area contributed by atoms with E-state index < -0.39 is 5.54 Å². The number of carbonyl (C=O) groups is 1. The minimum Gasteiger partial charge on any atom is -0.338 e. The van der Waals surface area contributed by atoms with E-state index in [1.165, 1.54) is 12.1 Å². The predicted molar refractivity (Wildman–Crippen MR) is 69.6 cm³/mol. The van der Waals surface area contributed by atoms with Crippen molar-refractivity contribution >= 4 is 5.91 Å². The minimum absolute atomic E-state index is 0.0945. The van der Waals surface area contributed by atoms with Gasteiger partial charge in [-0.1, -0.05) is 19.1 Å². The first-order valence-corrected chi connectivity index (χ1v) is 6.50. The number of carbonyl (C=O) groups excluding carboxylic acids is 1. The van der Waals surface area contributed by atoms with Crippen molar-refractivity contribution in [2.24, 2.45) is 5.92 Å². The molecule has 1 aromatic carbocycles. The van der Waals surface area contributed by atoms with E-state index >= 15 is 0 Å². The topological polar surface area (TPSA) is 52.9 Å². The fraction of sp³-hybridized carbons (Fsp3) is 0.467. The molecule has 0 unspecified atom stereocenters. The van der Waals surface area contributed by atoms with Crippen molar-refractivity contribution in [3.63, 3.8) is 0 Å². The van der Waals surface area contributed by atoms with Gasteiger partial charge in [0, 0.05) is 6.42 Å². The van der Waals surface area contributed by atoms with Gasteiger partial charge in [0.25, 0.3) is 0 Å². The van der Waals surface area contributed by atoms with Crippen LogP contribution in [0.5, 0.6) is 0 Å². The molecule has 1 atom stereocenters. The zero-order valence-corrected chi connectivity index (χ0v) is 10.9. The first-order valence-electron chi connectivity index (χ1n) is 6.50. The summed E-state index contributed by atoms with van der Waals surface area (Å²) in [6.07, 6.45) is 2.51. The molecule has 1 aliphatic carbocycles. The second kappa shape index (κ2) is 5.40. The lowest BCUT2D eigenvalue weighted by atomic mass is 9.97. The van der Waals surface area contributed by atoms with Crippen LogP contribution in [0, 0.1) is 23.1 Å². The Labute approximate surface area is 112 Å². The zero-order valence-electron chi connectivity index (χ0n) is 10.9. The highest BCUT2D eigenvalue weighted by molar-refractivity contribution is 5.78. The van der Waals surface area contributed by atoms with E-state index in [1.54, 1.807) is 6.07 Å². The molecule has 0 spiro atoms. The molecule has 0 saturated heterocycles. The van der Waals surface area contributed by atoms with Gasteiger partial charge in [0.05, 0.1) is 6.07 Å². The van der Waals surface area contributed by atoms with E-state index in [4.69, 9.17) is 5.26 Å². The van der Waals surface area contributed by atoms with Crippen LogP contribution < -0.4 is 5.32 Å². The van der Waals surface area contributed by atoms with Gasteiger partial charge in [0.1, 0.15) is 11.4 Å². The molecule has 1 N–H and O–H groups in total. The van der Waals surface area contributed by atoms with Gasteiger partial charge in [-0.25, -0.2) is 4.39 Å². The molecule has 1 fully saturated rings. The van der Waals surface area contributed by atoms with E-state index in [0.29, 0.717) is 12.8 Å². The normalized spacial score (nSPS) is 17.3. The monoisotopic (exact) mass is 260 g/mol. The second-order valence-electron chi connectivity index (χ2n) is 5.39. The van der Waals surface area contributed by atoms with Gasteiger partial charge in [-0.2, -0.15) is 5.26 Å². The summed E-state index contributed by atoms with van der Waals surface area (Å²) >= 11 is 0. The van der Waals surface area contributed by atoms with Gasteiger partial charge in [-0.3, -0.25) is 4.79 Å². The van der Waals surface area contributed by atoms with Crippen molar-refractivity contribution in [3.8, 4) is 6.07 Å². The summed E-state index contributed by atoms with van der Waals surface area (Å²) in [5, 5.41) is 11.7. The highest BCUT2D eigenvalue weighted by Gasteiger charge is 2.44. The first-order chi connectivity index (χ1) is 9.03. The third kappa shape index (κ3) is 3.78. The Hall–Kier alpha value is -1.89. The third-order valence-corrected chi connectivity index (χ3v) is 3.35. The Morgan fingerprint density at radius 1 is 1.58 bits per heavy atom. The molecule has 100 valence electrons. The maximum absolute atomic E-state index is 13.0. The number of benzene rings is 1. The number of amides is 1. The summed E-state index contributed by atoms with van der Waals surface area (Å²) < 4.78 is 13.0. The summed E-state index contributed by atoms with van der Waals surface area (Å²) in [7, 11) is 0. The average molecular weight is 260 g/mol. The van der Waals surface area contributed by atoms with Crippen molar-refractivity contribution in [1.29, 1.82) is 5.26 Å². The fourth-order valence-corrected chi connectivity index (χ4v) is 2.16. The lowest BCUT2D eigenvalue weighted by molar-refractivity contribution is -0.122. The van der Waals surface area contributed by atoms with Gasteiger partial charge >= 0.3 is 0 Å². The third-order valence-electron chi connectivity index (χ3n) is 3.35. The first kappa shape index (κ1) is 13.5. The van der Waals surface area contributed by atoms with E-state index in [0.717, 1.165) is 18.4 Å². The van der Waals surface area contributed by atoms with Crippen molar-refractivity contribution in [2.75, 3.05) is 0 Å². The summed E-state index contributed by atoms with van der Waals surface area (Å²) in [5.41, 5.74) is 0.289. The lowest BCUT2D eigenvalue weighted by Gasteiger charge is -2.13. The van der Waals surface area contributed by atoms with Crippen LogP contribution >= 0.6 is 0 Å². The number of halogens is 1. The number of hydrogen-bond acceptors (Lipinski definition) is 2. The predicted octanol–water partition coefficient (Wildman–Crippen LogP) is 2.57. The molecular formula is C15H17FN2O. The van der Waals surface area contributed by atoms with Crippen LogP contribution in [0.15, 0.2) is 24.3 Å². The van der Waals surface area contributed by atoms with Gasteiger partial charge < -0.3 is 5.32 Å². The molecule has 0 aromatic heterocycles. The molecule has 0 heterocycles. The number of nitrogens with one attached hydrogen (secondary N) is 1.